The number of ether oxygens (including phenoxy) is 1. The maximum atomic E-state index is 13.3. The van der Waals surface area contributed by atoms with Crippen LogP contribution in [0.1, 0.15) is 54.4 Å². The van der Waals surface area contributed by atoms with E-state index in [-0.39, 0.29) is 17.9 Å². The molecule has 2 aromatic carbocycles. The Bertz CT molecular complexity index is 1390. The zero-order chi connectivity index (χ0) is 27.4. The number of imidazole rings is 1. The van der Waals surface area contributed by atoms with Gasteiger partial charge < -0.3 is 24.5 Å². The number of piperidine rings is 1. The van der Waals surface area contributed by atoms with Gasteiger partial charge in [0.25, 0.3) is 0 Å². The molecule has 0 saturated carbocycles. The van der Waals surface area contributed by atoms with E-state index in [0.717, 1.165) is 77.4 Å². The van der Waals surface area contributed by atoms with Crippen LogP contribution in [0.15, 0.2) is 53.1 Å². The number of likely N-dealkylation sites (tertiary alicyclic amines) is 1. The van der Waals surface area contributed by atoms with Gasteiger partial charge >= 0.3 is 0 Å². The average Bonchev–Trinajstić information content (AvgIpc) is 3.48. The number of nitrogens with zero attached hydrogens (tertiary/aromatic N) is 4. The van der Waals surface area contributed by atoms with Crippen molar-refractivity contribution in [2.24, 2.45) is 5.73 Å². The van der Waals surface area contributed by atoms with Crippen LogP contribution in [0.4, 0.5) is 0 Å². The van der Waals surface area contributed by atoms with E-state index < -0.39 is 0 Å². The van der Waals surface area contributed by atoms with Gasteiger partial charge in [-0.3, -0.25) is 4.79 Å². The van der Waals surface area contributed by atoms with E-state index in [1.165, 1.54) is 0 Å². The molecule has 2 N–H and O–H groups in total. The minimum Gasteiger partial charge on any atom is -0.385 e. The van der Waals surface area contributed by atoms with Crippen molar-refractivity contribution in [2.45, 2.75) is 64.5 Å². The number of benzene rings is 2. The third-order valence-corrected chi connectivity index (χ3v) is 7.76. The summed E-state index contributed by atoms with van der Waals surface area (Å²) < 4.78 is 12.9. The maximum Gasteiger partial charge on any atom is 0.224 e. The van der Waals surface area contributed by atoms with Crippen LogP contribution in [0.2, 0.25) is 0 Å². The quantitative estimate of drug-likeness (QED) is 0.290. The van der Waals surface area contributed by atoms with Gasteiger partial charge in [-0.1, -0.05) is 41.6 Å². The number of para-hydroxylation sites is 2. The molecule has 0 spiro atoms. The lowest BCUT2D eigenvalue weighted by Gasteiger charge is -2.33. The standard InChI is InChI=1S/C31H39N5O3/c1-21-30(22(2)39-34-21)24-13-11-23(12-14-24)18-26(32)19-29(37)35-15-6-8-25(20-35)31-33-27-9-4-5-10-28(27)36(31)16-7-17-38-3/h4-5,9-14,25-26H,6-8,15-20,32H2,1-3H3/t25-,26-/m1/s1. The van der Waals surface area contributed by atoms with Gasteiger partial charge in [0.2, 0.25) is 5.91 Å². The lowest BCUT2D eigenvalue weighted by molar-refractivity contribution is -0.132. The second-order valence-corrected chi connectivity index (χ2v) is 10.7. The Morgan fingerprint density at radius 2 is 1.97 bits per heavy atom. The van der Waals surface area contributed by atoms with Crippen molar-refractivity contribution < 1.29 is 14.1 Å². The van der Waals surface area contributed by atoms with Gasteiger partial charge in [0, 0.05) is 57.3 Å². The highest BCUT2D eigenvalue weighted by Gasteiger charge is 2.29. The summed E-state index contributed by atoms with van der Waals surface area (Å²) in [5.41, 5.74) is 12.8. The van der Waals surface area contributed by atoms with Crippen molar-refractivity contribution in [1.82, 2.24) is 19.6 Å². The number of carbonyl (C=O) groups is 1. The smallest absolute Gasteiger partial charge is 0.224 e. The summed E-state index contributed by atoms with van der Waals surface area (Å²) in [4.78, 5) is 20.3. The highest BCUT2D eigenvalue weighted by atomic mass is 16.5. The molecule has 1 fully saturated rings. The van der Waals surface area contributed by atoms with Crippen LogP contribution in [-0.4, -0.2) is 58.4 Å². The van der Waals surface area contributed by atoms with E-state index in [9.17, 15) is 4.79 Å². The minimum atomic E-state index is -0.235. The lowest BCUT2D eigenvalue weighted by atomic mass is 9.95. The number of methoxy groups -OCH3 is 1. The topological polar surface area (TPSA) is 99.4 Å². The fourth-order valence-electron chi connectivity index (χ4n) is 5.85. The number of rotatable bonds is 10. The molecule has 4 aromatic rings. The van der Waals surface area contributed by atoms with Crippen LogP contribution < -0.4 is 5.73 Å². The first-order chi connectivity index (χ1) is 18.9. The summed E-state index contributed by atoms with van der Waals surface area (Å²) >= 11 is 0. The zero-order valence-electron chi connectivity index (χ0n) is 23.2. The number of aromatic nitrogens is 3. The zero-order valence-corrected chi connectivity index (χ0v) is 23.2. The first-order valence-corrected chi connectivity index (χ1v) is 13.9. The van der Waals surface area contributed by atoms with E-state index in [1.807, 2.05) is 24.8 Å². The number of aryl methyl sites for hydroxylation is 3. The second kappa shape index (κ2) is 12.1. The van der Waals surface area contributed by atoms with Crippen LogP contribution in [0, 0.1) is 13.8 Å². The largest absolute Gasteiger partial charge is 0.385 e. The lowest BCUT2D eigenvalue weighted by Crippen LogP contribution is -2.42. The van der Waals surface area contributed by atoms with Crippen LogP contribution in [0.5, 0.6) is 0 Å². The van der Waals surface area contributed by atoms with Crippen molar-refractivity contribution in [2.75, 3.05) is 26.8 Å². The molecular weight excluding hydrogens is 490 g/mol. The first-order valence-electron chi connectivity index (χ1n) is 13.9. The van der Waals surface area contributed by atoms with E-state index in [0.29, 0.717) is 26.0 Å². The Balaban J connectivity index is 1.22. The molecule has 39 heavy (non-hydrogen) atoms. The van der Waals surface area contributed by atoms with Crippen LogP contribution in [0.3, 0.4) is 0 Å². The highest BCUT2D eigenvalue weighted by Crippen LogP contribution is 2.30. The molecule has 1 aliphatic rings. The number of fused-ring (bicyclic) bond motifs is 1. The first kappa shape index (κ1) is 27.1. The molecule has 2 aromatic heterocycles. The fourth-order valence-corrected chi connectivity index (χ4v) is 5.85. The highest BCUT2D eigenvalue weighted by molar-refractivity contribution is 5.78. The molecule has 3 heterocycles. The number of amides is 1. The van der Waals surface area contributed by atoms with E-state index >= 15 is 0 Å². The predicted molar refractivity (Wildman–Crippen MR) is 152 cm³/mol. The molecule has 0 radical (unpaired) electrons. The molecule has 206 valence electrons. The van der Waals surface area contributed by atoms with Crippen molar-refractivity contribution >= 4 is 16.9 Å². The third kappa shape index (κ3) is 6.07. The molecule has 5 rings (SSSR count). The Labute approximate surface area is 230 Å². The molecule has 1 saturated heterocycles. The monoisotopic (exact) mass is 529 g/mol. The summed E-state index contributed by atoms with van der Waals surface area (Å²) in [6.07, 6.45) is 3.91. The second-order valence-electron chi connectivity index (χ2n) is 10.7. The third-order valence-electron chi connectivity index (χ3n) is 7.76. The summed E-state index contributed by atoms with van der Waals surface area (Å²) in [7, 11) is 1.73. The Hall–Kier alpha value is -3.49. The molecular formula is C31H39N5O3. The number of nitrogens with two attached hydrogens (primary N) is 1. The fraction of sp³-hybridized carbons (Fsp3) is 0.452. The van der Waals surface area contributed by atoms with Crippen molar-refractivity contribution in [3.05, 3.63) is 71.4 Å². The molecule has 8 nitrogen and oxygen atoms in total. The van der Waals surface area contributed by atoms with Gasteiger partial charge in [-0.2, -0.15) is 0 Å². The van der Waals surface area contributed by atoms with E-state index in [1.54, 1.807) is 7.11 Å². The molecule has 0 aliphatic carbocycles. The molecule has 0 unspecified atom stereocenters. The van der Waals surface area contributed by atoms with Crippen molar-refractivity contribution in [1.29, 1.82) is 0 Å². The van der Waals surface area contributed by atoms with Gasteiger partial charge in [0.05, 0.1) is 16.7 Å². The summed E-state index contributed by atoms with van der Waals surface area (Å²) in [5, 5.41) is 4.05. The molecule has 2 atom stereocenters. The summed E-state index contributed by atoms with van der Waals surface area (Å²) in [6, 6.07) is 16.4. The SMILES string of the molecule is COCCCn1c([C@@H]2CCCN(C(=O)C[C@H](N)Cc3ccc(-c4c(C)noc4C)cc3)C2)nc2ccccc21. The van der Waals surface area contributed by atoms with Crippen molar-refractivity contribution in [3.63, 3.8) is 0 Å². The van der Waals surface area contributed by atoms with Crippen LogP contribution in [-0.2, 0) is 22.5 Å². The van der Waals surface area contributed by atoms with Gasteiger partial charge in [-0.15, -0.1) is 0 Å². The molecule has 8 heteroatoms. The van der Waals surface area contributed by atoms with Gasteiger partial charge in [-0.25, -0.2) is 4.98 Å². The number of hydrogen-bond donors (Lipinski definition) is 1. The van der Waals surface area contributed by atoms with Crippen molar-refractivity contribution in [3.8, 4) is 11.1 Å². The predicted octanol–water partition coefficient (Wildman–Crippen LogP) is 5.01. The Morgan fingerprint density at radius 1 is 1.18 bits per heavy atom. The van der Waals surface area contributed by atoms with Crippen LogP contribution >= 0.6 is 0 Å². The number of carbonyl (C=O) groups excluding carboxylic acids is 1. The van der Waals surface area contributed by atoms with Gasteiger partial charge in [0.15, 0.2) is 0 Å². The molecule has 1 aliphatic heterocycles. The Morgan fingerprint density at radius 3 is 2.72 bits per heavy atom. The minimum absolute atomic E-state index is 0.126. The molecule has 0 bridgehead atoms. The van der Waals surface area contributed by atoms with Gasteiger partial charge in [-0.05, 0) is 62.8 Å². The normalized spacial score (nSPS) is 16.6. The van der Waals surface area contributed by atoms with E-state index in [2.05, 4.69) is 52.2 Å². The van der Waals surface area contributed by atoms with E-state index in [4.69, 9.17) is 20.0 Å². The van der Waals surface area contributed by atoms with Crippen LogP contribution in [0.25, 0.3) is 22.2 Å². The summed E-state index contributed by atoms with van der Waals surface area (Å²) in [5.74, 6) is 2.23. The average molecular weight is 530 g/mol. The maximum absolute atomic E-state index is 13.3. The Kier molecular flexibility index (Phi) is 8.43. The molecule has 1 amide bonds. The number of hydrogen-bond acceptors (Lipinski definition) is 6. The summed E-state index contributed by atoms with van der Waals surface area (Å²) in [6.45, 7) is 6.90. The van der Waals surface area contributed by atoms with Gasteiger partial charge in [0.1, 0.15) is 11.6 Å².